The number of hydrogen-bond donors (Lipinski definition) is 5. The van der Waals surface area contributed by atoms with Crippen molar-refractivity contribution in [3.05, 3.63) is 33.1 Å². The molecule has 1 saturated heterocycles. The van der Waals surface area contributed by atoms with Crippen molar-refractivity contribution in [3.8, 4) is 0 Å². The largest absolute Gasteiger partial charge is 0.480 e. The Kier molecular flexibility index (Phi) is 5.51. The minimum atomic E-state index is -1.48. The van der Waals surface area contributed by atoms with Gasteiger partial charge in [-0.15, -0.1) is 0 Å². The molecule has 6 N–H and O–H groups in total. The first kappa shape index (κ1) is 18.3. The topological polar surface area (TPSA) is 177 Å². The Bertz CT molecular complexity index is 714. The lowest BCUT2D eigenvalue weighted by Gasteiger charge is -2.19. The molecule has 24 heavy (non-hydrogen) atoms. The number of aliphatic carboxylic acids is 1. The molecule has 1 aliphatic rings. The molecule has 1 aromatic rings. The van der Waals surface area contributed by atoms with Crippen molar-refractivity contribution in [2.24, 2.45) is 5.73 Å². The van der Waals surface area contributed by atoms with Gasteiger partial charge in [-0.3, -0.25) is 18.7 Å². The quantitative estimate of drug-likeness (QED) is 0.349. The molecule has 3 unspecified atom stereocenters. The number of rotatable bonds is 6. The van der Waals surface area contributed by atoms with Crippen LogP contribution >= 0.6 is 0 Å². The summed E-state index contributed by atoms with van der Waals surface area (Å²) in [6.45, 7) is -0.794. The van der Waals surface area contributed by atoms with Crippen LogP contribution in [0.25, 0.3) is 0 Å². The first-order valence-electron chi connectivity index (χ1n) is 7.20. The molecule has 5 atom stereocenters. The van der Waals surface area contributed by atoms with E-state index in [1.54, 1.807) is 0 Å². The molecule has 0 aliphatic carbocycles. The highest BCUT2D eigenvalue weighted by Crippen LogP contribution is 2.27. The lowest BCUT2D eigenvalue weighted by molar-refractivity contribution is -0.138. The predicted molar refractivity (Wildman–Crippen MR) is 78.2 cm³/mol. The van der Waals surface area contributed by atoms with Crippen LogP contribution in [0.1, 0.15) is 12.6 Å². The van der Waals surface area contributed by atoms with Gasteiger partial charge in [0.2, 0.25) is 0 Å². The number of ether oxygens (including phenoxy) is 1. The van der Waals surface area contributed by atoms with Gasteiger partial charge in [0.25, 0.3) is 5.56 Å². The summed E-state index contributed by atoms with van der Waals surface area (Å²) in [4.78, 5) is 34.9. The first-order chi connectivity index (χ1) is 11.3. The zero-order chi connectivity index (χ0) is 18.0. The molecule has 2 rings (SSSR count). The number of nitrogens with zero attached hydrogens (tertiary/aromatic N) is 2. The Morgan fingerprint density at radius 3 is 2.54 bits per heavy atom. The van der Waals surface area contributed by atoms with Gasteiger partial charge < -0.3 is 30.9 Å². The zero-order valence-corrected chi connectivity index (χ0v) is 12.6. The second-order valence-corrected chi connectivity index (χ2v) is 5.46. The number of aromatic nitrogens is 2. The number of carbonyl (C=O) groups is 1. The summed E-state index contributed by atoms with van der Waals surface area (Å²) in [5.41, 5.74) is 3.83. The van der Waals surface area contributed by atoms with E-state index in [4.69, 9.17) is 20.7 Å². The molecule has 1 aromatic heterocycles. The Morgan fingerprint density at radius 1 is 1.33 bits per heavy atom. The van der Waals surface area contributed by atoms with Gasteiger partial charge in [0.1, 0.15) is 24.4 Å². The molecule has 1 aliphatic heterocycles. The fourth-order valence-corrected chi connectivity index (χ4v) is 2.43. The summed E-state index contributed by atoms with van der Waals surface area (Å²) in [6.07, 6.45) is -4.29. The van der Waals surface area contributed by atoms with Crippen LogP contribution in [0.2, 0.25) is 0 Å². The third-order valence-electron chi connectivity index (χ3n) is 3.87. The van der Waals surface area contributed by atoms with Gasteiger partial charge in [-0.05, 0) is 6.42 Å². The molecule has 0 amide bonds. The maximum absolute atomic E-state index is 12.4. The van der Waals surface area contributed by atoms with E-state index in [0.717, 1.165) is 21.4 Å². The van der Waals surface area contributed by atoms with Crippen molar-refractivity contribution in [1.29, 1.82) is 0 Å². The van der Waals surface area contributed by atoms with E-state index in [0.29, 0.717) is 0 Å². The van der Waals surface area contributed by atoms with Crippen LogP contribution in [0.3, 0.4) is 0 Å². The maximum Gasteiger partial charge on any atom is 0.333 e. The summed E-state index contributed by atoms with van der Waals surface area (Å²) in [5, 5.41) is 37.5. The fourth-order valence-electron chi connectivity index (χ4n) is 2.43. The Morgan fingerprint density at radius 2 is 2.00 bits per heavy atom. The summed E-state index contributed by atoms with van der Waals surface area (Å²) >= 11 is 0. The first-order valence-corrected chi connectivity index (χ1v) is 7.20. The standard InChI is InChI=1S/C13H19N3O8/c14-6(12(21)22)1-3-15-8(18)2-4-16(13(15)23)11-10(20)9(19)7(5-17)24-11/h2,4,6-7,9-11,17,19-20H,1,3,5,14H2,(H,21,22)/t6?,7-,9?,10?,11-/m0/s1. The number of aliphatic hydroxyl groups is 3. The molecule has 0 aromatic carbocycles. The highest BCUT2D eigenvalue weighted by atomic mass is 16.6. The van der Waals surface area contributed by atoms with Gasteiger partial charge in [-0.25, -0.2) is 4.79 Å². The molecular weight excluding hydrogens is 326 g/mol. The smallest absolute Gasteiger partial charge is 0.333 e. The van der Waals surface area contributed by atoms with Crippen molar-refractivity contribution in [1.82, 2.24) is 9.13 Å². The van der Waals surface area contributed by atoms with Gasteiger partial charge in [0.15, 0.2) is 6.23 Å². The molecule has 0 radical (unpaired) electrons. The van der Waals surface area contributed by atoms with Crippen LogP contribution in [0.5, 0.6) is 0 Å². The van der Waals surface area contributed by atoms with Crippen molar-refractivity contribution < 1.29 is 30.0 Å². The highest BCUT2D eigenvalue weighted by Gasteiger charge is 2.43. The van der Waals surface area contributed by atoms with E-state index in [1.165, 1.54) is 0 Å². The van der Waals surface area contributed by atoms with E-state index >= 15 is 0 Å². The molecule has 134 valence electrons. The molecule has 11 heteroatoms. The predicted octanol–water partition coefficient (Wildman–Crippen LogP) is -3.58. The third-order valence-corrected chi connectivity index (χ3v) is 3.87. The number of aliphatic hydroxyl groups excluding tert-OH is 3. The van der Waals surface area contributed by atoms with Crippen molar-refractivity contribution in [3.63, 3.8) is 0 Å². The van der Waals surface area contributed by atoms with E-state index < -0.39 is 54.4 Å². The number of hydrogen-bond acceptors (Lipinski definition) is 8. The summed E-state index contributed by atoms with van der Waals surface area (Å²) in [6, 6.07) is -0.193. The third kappa shape index (κ3) is 3.39. The molecule has 11 nitrogen and oxygen atoms in total. The molecule has 1 fully saturated rings. The summed E-state index contributed by atoms with van der Waals surface area (Å²) in [5.74, 6) is -1.26. The van der Waals surface area contributed by atoms with Crippen molar-refractivity contribution in [2.75, 3.05) is 6.61 Å². The van der Waals surface area contributed by atoms with Gasteiger partial charge in [0, 0.05) is 18.8 Å². The van der Waals surface area contributed by atoms with E-state index in [1.807, 2.05) is 0 Å². The van der Waals surface area contributed by atoms with E-state index in [9.17, 15) is 24.6 Å². The number of carboxylic acids is 1. The van der Waals surface area contributed by atoms with Gasteiger partial charge >= 0.3 is 11.7 Å². The van der Waals surface area contributed by atoms with Crippen molar-refractivity contribution in [2.45, 2.75) is 43.5 Å². The minimum absolute atomic E-state index is 0.148. The van der Waals surface area contributed by atoms with Gasteiger partial charge in [0.05, 0.1) is 6.61 Å². The summed E-state index contributed by atoms with van der Waals surface area (Å²) in [7, 11) is 0. The van der Waals surface area contributed by atoms with E-state index in [-0.39, 0.29) is 13.0 Å². The maximum atomic E-state index is 12.4. The summed E-state index contributed by atoms with van der Waals surface area (Å²) < 4.78 is 6.90. The Hall–Kier alpha value is -2.05. The van der Waals surface area contributed by atoms with Crippen LogP contribution in [0, 0.1) is 0 Å². The monoisotopic (exact) mass is 345 g/mol. The molecule has 0 bridgehead atoms. The van der Waals surface area contributed by atoms with E-state index in [2.05, 4.69) is 0 Å². The second kappa shape index (κ2) is 7.23. The van der Waals surface area contributed by atoms with Crippen LogP contribution in [-0.2, 0) is 16.1 Å². The molecule has 0 saturated carbocycles. The molecule has 2 heterocycles. The highest BCUT2D eigenvalue weighted by molar-refractivity contribution is 5.72. The number of carboxylic acid groups (broad SMARTS) is 1. The SMILES string of the molecule is NC(CCn1c(=O)ccn([C@H]2O[C@@H](CO)C(O)C2O)c1=O)C(=O)O. The van der Waals surface area contributed by atoms with Gasteiger partial charge in [-0.2, -0.15) is 0 Å². The zero-order valence-electron chi connectivity index (χ0n) is 12.6. The van der Waals surface area contributed by atoms with Crippen LogP contribution in [0.15, 0.2) is 21.9 Å². The molecule has 0 spiro atoms. The van der Waals surface area contributed by atoms with Crippen LogP contribution in [0.4, 0.5) is 0 Å². The lowest BCUT2D eigenvalue weighted by Crippen LogP contribution is -2.44. The lowest BCUT2D eigenvalue weighted by atomic mass is 10.1. The fraction of sp³-hybridized carbons (Fsp3) is 0.615. The Balaban J connectivity index is 2.30. The Labute approximate surface area is 135 Å². The molecular formula is C13H19N3O8. The van der Waals surface area contributed by atoms with Crippen LogP contribution in [-0.4, -0.2) is 66.5 Å². The average molecular weight is 345 g/mol. The van der Waals surface area contributed by atoms with Crippen molar-refractivity contribution >= 4 is 5.97 Å². The minimum Gasteiger partial charge on any atom is -0.480 e. The average Bonchev–Trinajstić information content (AvgIpc) is 2.82. The number of nitrogens with two attached hydrogens (primary N) is 1. The normalized spacial score (nSPS) is 28.0. The second-order valence-electron chi connectivity index (χ2n) is 5.46. The van der Waals surface area contributed by atoms with Gasteiger partial charge in [-0.1, -0.05) is 0 Å². The van der Waals surface area contributed by atoms with Crippen LogP contribution < -0.4 is 17.0 Å².